The Morgan fingerprint density at radius 3 is 2.05 bits per heavy atom. The number of aromatic hydroxyl groups is 1. The fraction of sp³-hybridized carbons (Fsp3) is 0. The monoisotopic (exact) mass is 262 g/mol. The maximum atomic E-state index is 9.55. The van der Waals surface area contributed by atoms with E-state index in [1.165, 1.54) is 6.20 Å². The zero-order valence-electron chi connectivity index (χ0n) is 9.59. The normalized spacial score (nSPS) is 9.89. The molecular formula is C12H10N2O5. The van der Waals surface area contributed by atoms with Crippen molar-refractivity contribution in [3.05, 3.63) is 42.6 Å². The van der Waals surface area contributed by atoms with Crippen LogP contribution in [0.4, 0.5) is 0 Å². The van der Waals surface area contributed by atoms with Crippen molar-refractivity contribution < 1.29 is 24.9 Å². The number of aliphatic carboxylic acids is 2. The summed E-state index contributed by atoms with van der Waals surface area (Å²) >= 11 is 0. The second kappa shape index (κ2) is 6.70. The van der Waals surface area contributed by atoms with Gasteiger partial charge in [-0.15, -0.1) is 0 Å². The molecule has 19 heavy (non-hydrogen) atoms. The molecule has 2 aromatic rings. The van der Waals surface area contributed by atoms with Crippen molar-refractivity contribution in [2.24, 2.45) is 0 Å². The number of carbonyl (C=O) groups is 2. The van der Waals surface area contributed by atoms with Gasteiger partial charge in [-0.1, -0.05) is 12.1 Å². The number of benzene rings is 1. The third kappa shape index (κ3) is 5.26. The van der Waals surface area contributed by atoms with Crippen LogP contribution in [-0.4, -0.2) is 37.2 Å². The van der Waals surface area contributed by atoms with Gasteiger partial charge in [-0.3, -0.25) is 0 Å². The van der Waals surface area contributed by atoms with Gasteiger partial charge in [0.15, 0.2) is 0 Å². The van der Waals surface area contributed by atoms with Crippen molar-refractivity contribution in [3.8, 4) is 5.88 Å². The van der Waals surface area contributed by atoms with Crippen LogP contribution < -0.4 is 0 Å². The standard InChI is InChI=1S/C8H6N2O.C4H4O4/c11-8-5-9-6-3-1-2-4-7(6)10-8;5-3(6)1-2-4(7)8/h1-5H,(H,10,11);1-2H,(H,5,6)(H,7,8). The van der Waals surface area contributed by atoms with Crippen molar-refractivity contribution >= 4 is 23.0 Å². The molecular weight excluding hydrogens is 252 g/mol. The first-order chi connectivity index (χ1) is 8.99. The lowest BCUT2D eigenvalue weighted by atomic mass is 10.3. The Hall–Kier alpha value is -2.96. The molecule has 0 fully saturated rings. The molecule has 0 unspecified atom stereocenters. The molecule has 7 nitrogen and oxygen atoms in total. The summed E-state index contributed by atoms with van der Waals surface area (Å²) in [7, 11) is 0. The highest BCUT2D eigenvalue weighted by molar-refractivity contribution is 5.89. The Labute approximate surface area is 107 Å². The van der Waals surface area contributed by atoms with Gasteiger partial charge in [-0.2, -0.15) is 0 Å². The van der Waals surface area contributed by atoms with Crippen molar-refractivity contribution in [2.75, 3.05) is 0 Å². The number of para-hydroxylation sites is 2. The summed E-state index contributed by atoms with van der Waals surface area (Å²) in [4.78, 5) is 26.9. The lowest BCUT2D eigenvalue weighted by molar-refractivity contribution is -0.134. The van der Waals surface area contributed by atoms with Gasteiger partial charge in [0.05, 0.1) is 17.2 Å². The summed E-state index contributed by atoms with van der Waals surface area (Å²) in [6.45, 7) is 0. The summed E-state index contributed by atoms with van der Waals surface area (Å²) in [5.74, 6) is -2.55. The molecule has 2 rings (SSSR count). The fourth-order valence-corrected chi connectivity index (χ4v) is 1.09. The molecule has 0 aliphatic heterocycles. The minimum Gasteiger partial charge on any atom is -0.492 e. The molecule has 0 radical (unpaired) electrons. The van der Waals surface area contributed by atoms with E-state index >= 15 is 0 Å². The average Bonchev–Trinajstić information content (AvgIpc) is 2.37. The van der Waals surface area contributed by atoms with Gasteiger partial charge in [-0.25, -0.2) is 19.6 Å². The molecule has 1 aromatic carbocycles. The van der Waals surface area contributed by atoms with Gasteiger partial charge < -0.3 is 15.3 Å². The molecule has 0 saturated carbocycles. The highest BCUT2D eigenvalue weighted by Gasteiger charge is 1.94. The lowest BCUT2D eigenvalue weighted by Gasteiger charge is -1.94. The van der Waals surface area contributed by atoms with Gasteiger partial charge in [0.25, 0.3) is 0 Å². The van der Waals surface area contributed by atoms with Crippen LogP contribution in [-0.2, 0) is 9.59 Å². The molecule has 0 bridgehead atoms. The topological polar surface area (TPSA) is 121 Å². The Morgan fingerprint density at radius 2 is 1.53 bits per heavy atom. The lowest BCUT2D eigenvalue weighted by Crippen LogP contribution is -1.91. The van der Waals surface area contributed by atoms with E-state index in [1.54, 1.807) is 0 Å². The third-order valence-electron chi connectivity index (χ3n) is 1.80. The van der Waals surface area contributed by atoms with E-state index in [2.05, 4.69) is 9.97 Å². The van der Waals surface area contributed by atoms with E-state index in [0.29, 0.717) is 17.7 Å². The SMILES string of the molecule is O=C(O)C=CC(=O)O.Oc1cnc2ccccc2n1. The van der Waals surface area contributed by atoms with Gasteiger partial charge in [0, 0.05) is 12.2 Å². The summed E-state index contributed by atoms with van der Waals surface area (Å²) in [6, 6.07) is 7.40. The molecule has 1 heterocycles. The fourth-order valence-electron chi connectivity index (χ4n) is 1.09. The Balaban J connectivity index is 0.000000203. The van der Waals surface area contributed by atoms with Crippen molar-refractivity contribution in [1.82, 2.24) is 9.97 Å². The first-order valence-electron chi connectivity index (χ1n) is 5.03. The summed E-state index contributed by atoms with van der Waals surface area (Å²) in [5.41, 5.74) is 1.51. The number of aromatic nitrogens is 2. The second-order valence-corrected chi connectivity index (χ2v) is 3.23. The van der Waals surface area contributed by atoms with Gasteiger partial charge in [-0.05, 0) is 12.1 Å². The minimum absolute atomic E-state index is 0.0382. The Kier molecular flexibility index (Phi) is 4.97. The average molecular weight is 262 g/mol. The second-order valence-electron chi connectivity index (χ2n) is 3.23. The molecule has 0 aliphatic carbocycles. The highest BCUT2D eigenvalue weighted by Crippen LogP contribution is 2.10. The van der Waals surface area contributed by atoms with E-state index in [9.17, 15) is 9.59 Å². The smallest absolute Gasteiger partial charge is 0.328 e. The zero-order valence-corrected chi connectivity index (χ0v) is 9.59. The molecule has 0 amide bonds. The van der Waals surface area contributed by atoms with E-state index in [0.717, 1.165) is 5.52 Å². The molecule has 0 spiro atoms. The van der Waals surface area contributed by atoms with Crippen LogP contribution in [0.2, 0.25) is 0 Å². The van der Waals surface area contributed by atoms with E-state index in [-0.39, 0.29) is 5.88 Å². The Morgan fingerprint density at radius 1 is 1.00 bits per heavy atom. The van der Waals surface area contributed by atoms with Gasteiger partial charge >= 0.3 is 11.9 Å². The van der Waals surface area contributed by atoms with Crippen LogP contribution >= 0.6 is 0 Å². The maximum Gasteiger partial charge on any atom is 0.328 e. The molecule has 98 valence electrons. The Bertz CT molecular complexity index is 608. The molecule has 0 saturated heterocycles. The van der Waals surface area contributed by atoms with E-state index < -0.39 is 11.9 Å². The highest BCUT2D eigenvalue weighted by atomic mass is 16.4. The number of fused-ring (bicyclic) bond motifs is 1. The maximum absolute atomic E-state index is 9.55. The summed E-state index contributed by atoms with van der Waals surface area (Å²) < 4.78 is 0. The number of carboxylic acid groups (broad SMARTS) is 2. The first kappa shape index (κ1) is 14.1. The number of hydrogen-bond acceptors (Lipinski definition) is 5. The van der Waals surface area contributed by atoms with Crippen LogP contribution in [0, 0.1) is 0 Å². The van der Waals surface area contributed by atoms with Crippen LogP contribution in [0.25, 0.3) is 11.0 Å². The van der Waals surface area contributed by atoms with Crippen LogP contribution in [0.15, 0.2) is 42.6 Å². The predicted octanol–water partition coefficient (Wildman–Crippen LogP) is 1.05. The van der Waals surface area contributed by atoms with Crippen LogP contribution in [0.3, 0.4) is 0 Å². The van der Waals surface area contributed by atoms with Crippen molar-refractivity contribution in [1.29, 1.82) is 0 Å². The zero-order chi connectivity index (χ0) is 14.3. The summed E-state index contributed by atoms with van der Waals surface area (Å²) in [5, 5.41) is 24.6. The number of nitrogens with zero attached hydrogens (tertiary/aromatic N) is 2. The van der Waals surface area contributed by atoms with Crippen LogP contribution in [0.1, 0.15) is 0 Å². The first-order valence-corrected chi connectivity index (χ1v) is 5.03. The predicted molar refractivity (Wildman–Crippen MR) is 65.6 cm³/mol. The van der Waals surface area contributed by atoms with Crippen molar-refractivity contribution in [2.45, 2.75) is 0 Å². The molecule has 0 aliphatic rings. The quantitative estimate of drug-likeness (QED) is 0.691. The largest absolute Gasteiger partial charge is 0.492 e. The molecule has 3 N–H and O–H groups in total. The summed E-state index contributed by atoms with van der Waals surface area (Å²) in [6.07, 6.45) is 2.45. The number of rotatable bonds is 2. The van der Waals surface area contributed by atoms with Gasteiger partial charge in [0.1, 0.15) is 0 Å². The number of carboxylic acids is 2. The molecule has 7 heteroatoms. The van der Waals surface area contributed by atoms with Gasteiger partial charge in [0.2, 0.25) is 5.88 Å². The van der Waals surface area contributed by atoms with E-state index in [4.69, 9.17) is 15.3 Å². The van der Waals surface area contributed by atoms with E-state index in [1.807, 2.05) is 24.3 Å². The third-order valence-corrected chi connectivity index (χ3v) is 1.80. The number of hydrogen-bond donors (Lipinski definition) is 3. The molecule has 1 aromatic heterocycles. The minimum atomic E-state index is -1.26. The molecule has 0 atom stereocenters. The van der Waals surface area contributed by atoms with Crippen molar-refractivity contribution in [3.63, 3.8) is 0 Å². The van der Waals surface area contributed by atoms with Crippen LogP contribution in [0.5, 0.6) is 5.88 Å².